The fraction of sp³-hybridized carbons (Fsp3) is 0.562. The number of methoxy groups -OCH3 is 1. The van der Waals surface area contributed by atoms with Gasteiger partial charge in [0.05, 0.1) is 13.7 Å². The van der Waals surface area contributed by atoms with Gasteiger partial charge in [0.2, 0.25) is 5.76 Å². The van der Waals surface area contributed by atoms with Crippen molar-refractivity contribution in [3.63, 3.8) is 0 Å². The highest BCUT2D eigenvalue weighted by Crippen LogP contribution is 2.37. The van der Waals surface area contributed by atoms with E-state index in [9.17, 15) is 9.90 Å². The fourth-order valence-corrected chi connectivity index (χ4v) is 2.60. The van der Waals surface area contributed by atoms with E-state index in [2.05, 4.69) is 38.6 Å². The van der Waals surface area contributed by atoms with Crippen molar-refractivity contribution in [3.8, 4) is 0 Å². The van der Waals surface area contributed by atoms with Crippen molar-refractivity contribution in [1.29, 1.82) is 0 Å². The van der Waals surface area contributed by atoms with E-state index >= 15 is 0 Å². The molecule has 4 nitrogen and oxygen atoms in total. The highest BCUT2D eigenvalue weighted by molar-refractivity contribution is 6.74. The normalized spacial score (nSPS) is 18.3. The first-order valence-corrected chi connectivity index (χ1v) is 10.0. The van der Waals surface area contributed by atoms with Crippen molar-refractivity contribution >= 4 is 14.3 Å². The molecule has 21 heavy (non-hydrogen) atoms. The number of ether oxygens (including phenoxy) is 1. The molecule has 0 spiro atoms. The molecular formula is C16H26O4Si. The molecule has 5 heteroatoms. The molecule has 0 amide bonds. The van der Waals surface area contributed by atoms with E-state index in [1.807, 2.05) is 6.08 Å². The van der Waals surface area contributed by atoms with Gasteiger partial charge in [0.25, 0.3) is 0 Å². The first-order chi connectivity index (χ1) is 9.58. The second-order valence-electron chi connectivity index (χ2n) is 6.75. The quantitative estimate of drug-likeness (QED) is 0.370. The zero-order chi connectivity index (χ0) is 16.3. The number of carbonyl (C=O) groups excluding carboxylic acids is 1. The van der Waals surface area contributed by atoms with Crippen LogP contribution in [0.15, 0.2) is 35.1 Å². The molecule has 0 saturated heterocycles. The number of aliphatic hydroxyl groups excluding tert-OH is 1. The Labute approximate surface area is 128 Å². The topological polar surface area (TPSA) is 55.8 Å². The van der Waals surface area contributed by atoms with E-state index in [4.69, 9.17) is 4.43 Å². The van der Waals surface area contributed by atoms with Crippen LogP contribution in [0.25, 0.3) is 0 Å². The minimum atomic E-state index is -1.80. The van der Waals surface area contributed by atoms with Crippen molar-refractivity contribution in [2.45, 2.75) is 45.3 Å². The summed E-state index contributed by atoms with van der Waals surface area (Å²) in [7, 11) is -0.555. The molecular weight excluding hydrogens is 284 g/mol. The zero-order valence-corrected chi connectivity index (χ0v) is 14.8. The van der Waals surface area contributed by atoms with Gasteiger partial charge in [0.15, 0.2) is 8.32 Å². The summed E-state index contributed by atoms with van der Waals surface area (Å²) in [6.07, 6.45) is 6.22. The molecule has 0 aromatic rings. The Bertz CT molecular complexity index is 493. The van der Waals surface area contributed by atoms with Crippen LogP contribution in [0.3, 0.4) is 0 Å². The van der Waals surface area contributed by atoms with Gasteiger partial charge in [0.1, 0.15) is 0 Å². The molecule has 0 atom stereocenters. The number of carbonyl (C=O) groups is 1. The van der Waals surface area contributed by atoms with Gasteiger partial charge in [-0.05, 0) is 36.2 Å². The Kier molecular flexibility index (Phi) is 5.59. The molecule has 0 aromatic heterocycles. The predicted octanol–water partition coefficient (Wildman–Crippen LogP) is 3.88. The van der Waals surface area contributed by atoms with Crippen LogP contribution in [-0.2, 0) is 14.0 Å². The molecule has 0 aliphatic heterocycles. The minimum Gasteiger partial charge on any atom is -0.501 e. The summed E-state index contributed by atoms with van der Waals surface area (Å²) >= 11 is 0. The Morgan fingerprint density at radius 2 is 2.00 bits per heavy atom. The zero-order valence-electron chi connectivity index (χ0n) is 13.8. The lowest BCUT2D eigenvalue weighted by molar-refractivity contribution is -0.139. The summed E-state index contributed by atoms with van der Waals surface area (Å²) in [4.78, 5) is 11.3. The molecule has 0 aromatic carbocycles. The molecule has 0 unspecified atom stereocenters. The van der Waals surface area contributed by atoms with Crippen LogP contribution in [0.2, 0.25) is 18.1 Å². The van der Waals surface area contributed by atoms with Gasteiger partial charge in [-0.15, -0.1) is 0 Å². The van der Waals surface area contributed by atoms with Gasteiger partial charge in [-0.2, -0.15) is 0 Å². The van der Waals surface area contributed by atoms with E-state index in [0.717, 1.165) is 12.0 Å². The van der Waals surface area contributed by atoms with E-state index in [1.165, 1.54) is 7.11 Å². The molecule has 118 valence electrons. The van der Waals surface area contributed by atoms with Gasteiger partial charge >= 0.3 is 5.97 Å². The van der Waals surface area contributed by atoms with Crippen molar-refractivity contribution < 1.29 is 19.1 Å². The fourth-order valence-electron chi connectivity index (χ4n) is 1.62. The summed E-state index contributed by atoms with van der Waals surface area (Å²) in [6.45, 7) is 11.5. The van der Waals surface area contributed by atoms with Crippen molar-refractivity contribution in [1.82, 2.24) is 0 Å². The summed E-state index contributed by atoms with van der Waals surface area (Å²) < 4.78 is 10.7. The van der Waals surface area contributed by atoms with Crippen LogP contribution >= 0.6 is 0 Å². The molecule has 1 N–H and O–H groups in total. The average molecular weight is 310 g/mol. The van der Waals surface area contributed by atoms with Gasteiger partial charge in [-0.3, -0.25) is 0 Å². The van der Waals surface area contributed by atoms with Crippen LogP contribution in [-0.4, -0.2) is 33.1 Å². The van der Waals surface area contributed by atoms with Crippen molar-refractivity contribution in [2.24, 2.45) is 0 Å². The molecule has 1 aliphatic rings. The van der Waals surface area contributed by atoms with E-state index in [1.54, 1.807) is 12.2 Å². The summed E-state index contributed by atoms with van der Waals surface area (Å²) in [5.41, 5.74) is 1.52. The lowest BCUT2D eigenvalue weighted by atomic mass is 10.0. The second-order valence-corrected chi connectivity index (χ2v) is 11.6. The molecule has 0 saturated carbocycles. The number of aliphatic hydroxyl groups is 1. The number of esters is 1. The lowest BCUT2D eigenvalue weighted by Crippen LogP contribution is -2.41. The van der Waals surface area contributed by atoms with Gasteiger partial charge in [-0.25, -0.2) is 4.79 Å². The molecule has 0 heterocycles. The number of allylic oxidation sites excluding steroid dienone is 4. The van der Waals surface area contributed by atoms with Gasteiger partial charge in [-0.1, -0.05) is 32.9 Å². The first-order valence-electron chi connectivity index (χ1n) is 7.10. The monoisotopic (exact) mass is 310 g/mol. The Morgan fingerprint density at radius 1 is 1.38 bits per heavy atom. The van der Waals surface area contributed by atoms with E-state index < -0.39 is 14.3 Å². The summed E-state index contributed by atoms with van der Waals surface area (Å²) in [5.74, 6) is -1.09. The molecule has 0 radical (unpaired) electrons. The summed E-state index contributed by atoms with van der Waals surface area (Å²) in [5, 5.41) is 9.95. The highest BCUT2D eigenvalue weighted by atomic mass is 28.4. The molecule has 1 aliphatic carbocycles. The standard InChI is InChI=1S/C16H26O4Si/c1-16(2,3)21(5,6)20-11-12-8-7-9-13(10-12)14(17)15(18)19-4/h7,9-10,17H,8,11H2,1-6H3/b14-13+. The van der Waals surface area contributed by atoms with Crippen LogP contribution < -0.4 is 0 Å². The lowest BCUT2D eigenvalue weighted by Gasteiger charge is -2.36. The SMILES string of the molecule is COC(=O)/C(O)=C1/C=CCC(CO[Si](C)(C)C(C)(C)C)=C1. The number of hydrogen-bond donors (Lipinski definition) is 1. The minimum absolute atomic E-state index is 0.158. The third kappa shape index (κ3) is 4.57. The second kappa shape index (κ2) is 6.62. The highest BCUT2D eigenvalue weighted by Gasteiger charge is 2.37. The van der Waals surface area contributed by atoms with Crippen LogP contribution in [0.4, 0.5) is 0 Å². The Hall–Kier alpha value is -1.33. The van der Waals surface area contributed by atoms with Crippen molar-refractivity contribution in [2.75, 3.05) is 13.7 Å². The Morgan fingerprint density at radius 3 is 2.52 bits per heavy atom. The van der Waals surface area contributed by atoms with E-state index in [-0.39, 0.29) is 10.8 Å². The average Bonchev–Trinajstić information content (AvgIpc) is 2.42. The third-order valence-electron chi connectivity index (χ3n) is 4.11. The number of rotatable bonds is 4. The van der Waals surface area contributed by atoms with Crippen LogP contribution in [0.1, 0.15) is 27.2 Å². The smallest absolute Gasteiger partial charge is 0.373 e. The van der Waals surface area contributed by atoms with Gasteiger partial charge < -0.3 is 14.3 Å². The third-order valence-corrected chi connectivity index (χ3v) is 8.59. The predicted molar refractivity (Wildman–Crippen MR) is 86.7 cm³/mol. The van der Waals surface area contributed by atoms with Crippen molar-refractivity contribution in [3.05, 3.63) is 35.1 Å². The van der Waals surface area contributed by atoms with E-state index in [0.29, 0.717) is 12.2 Å². The maximum absolute atomic E-state index is 11.3. The van der Waals surface area contributed by atoms with Crippen LogP contribution in [0, 0.1) is 0 Å². The maximum atomic E-state index is 11.3. The Balaban J connectivity index is 2.82. The van der Waals surface area contributed by atoms with Crippen LogP contribution in [0.5, 0.6) is 0 Å². The van der Waals surface area contributed by atoms with Gasteiger partial charge in [0, 0.05) is 5.57 Å². The maximum Gasteiger partial charge on any atom is 0.373 e. The number of hydrogen-bond acceptors (Lipinski definition) is 4. The summed E-state index contributed by atoms with van der Waals surface area (Å²) in [6, 6.07) is 0. The first kappa shape index (κ1) is 17.7. The molecule has 0 bridgehead atoms. The molecule has 1 rings (SSSR count). The molecule has 0 fully saturated rings. The largest absolute Gasteiger partial charge is 0.501 e.